The summed E-state index contributed by atoms with van der Waals surface area (Å²) in [6.07, 6.45) is 0.538. The Morgan fingerprint density at radius 2 is 2.24 bits per heavy atom. The van der Waals surface area contributed by atoms with Crippen molar-refractivity contribution in [3.63, 3.8) is 0 Å². The van der Waals surface area contributed by atoms with Gasteiger partial charge in [-0.05, 0) is 24.1 Å². The van der Waals surface area contributed by atoms with Gasteiger partial charge in [0.15, 0.2) is 0 Å². The van der Waals surface area contributed by atoms with Crippen LogP contribution in [0.5, 0.6) is 5.75 Å². The first kappa shape index (κ1) is 12.4. The third-order valence-electron chi connectivity index (χ3n) is 3.03. The number of aliphatic hydroxyl groups is 1. The molecule has 1 aliphatic rings. The van der Waals surface area contributed by atoms with Crippen molar-refractivity contribution in [1.29, 1.82) is 0 Å². The Bertz CT molecular complexity index is 333. The van der Waals surface area contributed by atoms with Gasteiger partial charge in [-0.15, -0.1) is 0 Å². The van der Waals surface area contributed by atoms with Crippen molar-refractivity contribution in [1.82, 2.24) is 5.32 Å². The van der Waals surface area contributed by atoms with Crippen LogP contribution in [0.2, 0.25) is 0 Å². The third kappa shape index (κ3) is 3.43. The fraction of sp³-hybridized carbons (Fsp3) is 0.538. The van der Waals surface area contributed by atoms with E-state index in [-0.39, 0.29) is 0 Å². The molecule has 1 fully saturated rings. The number of methoxy groups -OCH3 is 1. The molecule has 0 amide bonds. The molecule has 2 unspecified atom stereocenters. The van der Waals surface area contributed by atoms with Crippen LogP contribution in [-0.2, 0) is 4.74 Å². The molecule has 1 aromatic rings. The smallest absolute Gasteiger partial charge is 0.118 e. The van der Waals surface area contributed by atoms with E-state index < -0.39 is 6.10 Å². The number of benzene rings is 1. The van der Waals surface area contributed by atoms with E-state index in [1.165, 1.54) is 0 Å². The second-order valence-corrected chi connectivity index (χ2v) is 4.26. The van der Waals surface area contributed by atoms with Gasteiger partial charge >= 0.3 is 0 Å². The van der Waals surface area contributed by atoms with Gasteiger partial charge < -0.3 is 19.9 Å². The maximum Gasteiger partial charge on any atom is 0.118 e. The fourth-order valence-electron chi connectivity index (χ4n) is 1.92. The van der Waals surface area contributed by atoms with Gasteiger partial charge in [0.25, 0.3) is 0 Å². The standard InChI is InChI=1S/C13H19NO3/c1-16-12-4-2-10(3-5-12)13(15)8-14-11-6-7-17-9-11/h2-5,11,13-15H,6-9H2,1H3. The van der Waals surface area contributed by atoms with Crippen LogP contribution in [0.4, 0.5) is 0 Å². The molecule has 0 saturated carbocycles. The molecular formula is C13H19NO3. The Hall–Kier alpha value is -1.10. The minimum atomic E-state index is -0.485. The zero-order chi connectivity index (χ0) is 12.1. The maximum atomic E-state index is 10.0. The monoisotopic (exact) mass is 237 g/mol. The highest BCUT2D eigenvalue weighted by molar-refractivity contribution is 5.28. The normalized spacial score (nSPS) is 21.4. The number of aliphatic hydroxyl groups excluding tert-OH is 1. The highest BCUT2D eigenvalue weighted by atomic mass is 16.5. The summed E-state index contributed by atoms with van der Waals surface area (Å²) >= 11 is 0. The van der Waals surface area contributed by atoms with E-state index in [2.05, 4.69) is 5.32 Å². The summed E-state index contributed by atoms with van der Waals surface area (Å²) in [5, 5.41) is 13.3. The summed E-state index contributed by atoms with van der Waals surface area (Å²) in [7, 11) is 1.63. The summed E-state index contributed by atoms with van der Waals surface area (Å²) in [5.74, 6) is 0.804. The molecule has 0 aliphatic carbocycles. The van der Waals surface area contributed by atoms with Gasteiger partial charge in [-0.2, -0.15) is 0 Å². The topological polar surface area (TPSA) is 50.7 Å². The molecule has 1 saturated heterocycles. The Kier molecular flexibility index (Phi) is 4.36. The van der Waals surface area contributed by atoms with E-state index in [9.17, 15) is 5.11 Å². The fourth-order valence-corrected chi connectivity index (χ4v) is 1.92. The predicted octanol–water partition coefficient (Wildman–Crippen LogP) is 1.11. The first-order valence-electron chi connectivity index (χ1n) is 5.92. The summed E-state index contributed by atoms with van der Waals surface area (Å²) in [4.78, 5) is 0. The highest BCUT2D eigenvalue weighted by Crippen LogP contribution is 2.17. The minimum absolute atomic E-state index is 0.378. The van der Waals surface area contributed by atoms with Gasteiger partial charge in [-0.1, -0.05) is 12.1 Å². The van der Waals surface area contributed by atoms with Crippen molar-refractivity contribution in [3.8, 4) is 5.75 Å². The molecule has 1 heterocycles. The van der Waals surface area contributed by atoms with Crippen LogP contribution in [0.15, 0.2) is 24.3 Å². The van der Waals surface area contributed by atoms with Crippen molar-refractivity contribution in [3.05, 3.63) is 29.8 Å². The van der Waals surface area contributed by atoms with E-state index in [0.717, 1.165) is 30.9 Å². The number of hydrogen-bond donors (Lipinski definition) is 2. The largest absolute Gasteiger partial charge is 0.497 e. The van der Waals surface area contributed by atoms with Gasteiger partial charge in [0, 0.05) is 19.2 Å². The van der Waals surface area contributed by atoms with E-state index in [4.69, 9.17) is 9.47 Å². The zero-order valence-electron chi connectivity index (χ0n) is 10.1. The average Bonchev–Trinajstić information content (AvgIpc) is 2.89. The third-order valence-corrected chi connectivity index (χ3v) is 3.03. The molecule has 17 heavy (non-hydrogen) atoms. The first-order valence-corrected chi connectivity index (χ1v) is 5.92. The van der Waals surface area contributed by atoms with Gasteiger partial charge in [0.1, 0.15) is 5.75 Å². The van der Waals surface area contributed by atoms with Gasteiger partial charge in [-0.25, -0.2) is 0 Å². The molecule has 94 valence electrons. The van der Waals surface area contributed by atoms with Crippen LogP contribution < -0.4 is 10.1 Å². The SMILES string of the molecule is COc1ccc(C(O)CNC2CCOC2)cc1. The molecule has 1 aromatic carbocycles. The van der Waals surface area contributed by atoms with Crippen LogP contribution in [0, 0.1) is 0 Å². The van der Waals surface area contributed by atoms with Crippen LogP contribution in [-0.4, -0.2) is 38.0 Å². The molecule has 2 rings (SSSR count). The molecule has 0 bridgehead atoms. The Balaban J connectivity index is 1.83. The number of ether oxygens (including phenoxy) is 2. The molecule has 0 aromatic heterocycles. The molecule has 0 radical (unpaired) electrons. The molecule has 4 nitrogen and oxygen atoms in total. The highest BCUT2D eigenvalue weighted by Gasteiger charge is 2.16. The van der Waals surface area contributed by atoms with Crippen LogP contribution in [0.3, 0.4) is 0 Å². The van der Waals surface area contributed by atoms with Crippen molar-refractivity contribution >= 4 is 0 Å². The lowest BCUT2D eigenvalue weighted by Gasteiger charge is -2.15. The first-order chi connectivity index (χ1) is 8.29. The Morgan fingerprint density at radius 3 is 2.82 bits per heavy atom. The second-order valence-electron chi connectivity index (χ2n) is 4.26. The number of nitrogens with one attached hydrogen (secondary N) is 1. The van der Waals surface area contributed by atoms with Crippen molar-refractivity contribution in [2.75, 3.05) is 26.9 Å². The van der Waals surface area contributed by atoms with Gasteiger partial charge in [0.05, 0.1) is 19.8 Å². The summed E-state index contributed by atoms with van der Waals surface area (Å²) < 4.78 is 10.3. The van der Waals surface area contributed by atoms with Crippen LogP contribution in [0.25, 0.3) is 0 Å². The van der Waals surface area contributed by atoms with Crippen LogP contribution >= 0.6 is 0 Å². The number of hydrogen-bond acceptors (Lipinski definition) is 4. The lowest BCUT2D eigenvalue weighted by atomic mass is 10.1. The summed E-state index contributed by atoms with van der Waals surface area (Å²) in [5.41, 5.74) is 0.900. The maximum absolute atomic E-state index is 10.0. The lowest BCUT2D eigenvalue weighted by molar-refractivity contribution is 0.161. The molecule has 0 spiro atoms. The van der Waals surface area contributed by atoms with Crippen molar-refractivity contribution < 1.29 is 14.6 Å². The minimum Gasteiger partial charge on any atom is -0.497 e. The predicted molar refractivity (Wildman–Crippen MR) is 65.2 cm³/mol. The molecule has 2 atom stereocenters. The Morgan fingerprint density at radius 1 is 1.47 bits per heavy atom. The van der Waals surface area contributed by atoms with E-state index in [1.54, 1.807) is 7.11 Å². The van der Waals surface area contributed by atoms with Gasteiger partial charge in [0.2, 0.25) is 0 Å². The summed E-state index contributed by atoms with van der Waals surface area (Å²) in [6, 6.07) is 7.86. The quantitative estimate of drug-likeness (QED) is 0.805. The lowest BCUT2D eigenvalue weighted by Crippen LogP contribution is -2.32. The molecule has 4 heteroatoms. The average molecular weight is 237 g/mol. The van der Waals surface area contributed by atoms with E-state index >= 15 is 0 Å². The van der Waals surface area contributed by atoms with E-state index in [0.29, 0.717) is 12.6 Å². The molecular weight excluding hydrogens is 218 g/mol. The summed E-state index contributed by atoms with van der Waals surface area (Å²) in [6.45, 7) is 2.12. The van der Waals surface area contributed by atoms with Crippen molar-refractivity contribution in [2.45, 2.75) is 18.6 Å². The van der Waals surface area contributed by atoms with E-state index in [1.807, 2.05) is 24.3 Å². The zero-order valence-corrected chi connectivity index (χ0v) is 10.1. The Labute approximate surface area is 102 Å². The van der Waals surface area contributed by atoms with Gasteiger partial charge in [-0.3, -0.25) is 0 Å². The molecule has 2 N–H and O–H groups in total. The van der Waals surface area contributed by atoms with Crippen molar-refractivity contribution in [2.24, 2.45) is 0 Å². The second kappa shape index (κ2) is 6.00. The molecule has 1 aliphatic heterocycles. The number of rotatable bonds is 5. The van der Waals surface area contributed by atoms with Crippen LogP contribution in [0.1, 0.15) is 18.1 Å².